The molecule has 28 heavy (non-hydrogen) atoms. The fourth-order valence-corrected chi connectivity index (χ4v) is 2.57. The molecule has 0 bridgehead atoms. The summed E-state index contributed by atoms with van der Waals surface area (Å²) in [5.74, 6) is -1.51. The summed E-state index contributed by atoms with van der Waals surface area (Å²) in [7, 11) is 0. The molecule has 0 saturated carbocycles. The molecule has 0 fully saturated rings. The first-order valence-electron chi connectivity index (χ1n) is 8.57. The molecule has 0 saturated heterocycles. The normalized spacial score (nSPS) is 10.5. The van der Waals surface area contributed by atoms with Crippen LogP contribution in [0.25, 0.3) is 6.08 Å². The average Bonchev–Trinajstić information content (AvgIpc) is 2.71. The Labute approximate surface area is 167 Å². The summed E-state index contributed by atoms with van der Waals surface area (Å²) < 4.78 is 9.81. The van der Waals surface area contributed by atoms with Crippen LogP contribution in [0.4, 0.5) is 5.69 Å². The van der Waals surface area contributed by atoms with Gasteiger partial charge in [-0.15, -0.1) is 11.8 Å². The summed E-state index contributed by atoms with van der Waals surface area (Å²) in [6.45, 7) is 1.61. The molecule has 0 radical (unpaired) electrons. The number of nitrogens with one attached hydrogen (secondary N) is 1. The number of amides is 1. The number of anilines is 1. The third-order valence-corrected chi connectivity index (χ3v) is 4.30. The number of rotatable bonds is 8. The Morgan fingerprint density at radius 1 is 1.00 bits per heavy atom. The van der Waals surface area contributed by atoms with Crippen molar-refractivity contribution >= 4 is 41.4 Å². The lowest BCUT2D eigenvalue weighted by molar-refractivity contribution is -0.142. The number of carbonyl (C=O) groups is 3. The molecule has 2 aromatic carbocycles. The number of benzene rings is 2. The highest BCUT2D eigenvalue weighted by atomic mass is 32.2. The molecule has 7 heteroatoms. The van der Waals surface area contributed by atoms with Crippen molar-refractivity contribution < 1.29 is 23.9 Å². The van der Waals surface area contributed by atoms with Crippen molar-refractivity contribution in [2.45, 2.75) is 11.8 Å². The van der Waals surface area contributed by atoms with E-state index >= 15 is 0 Å². The van der Waals surface area contributed by atoms with E-state index in [1.807, 2.05) is 30.5 Å². The van der Waals surface area contributed by atoms with E-state index in [-0.39, 0.29) is 0 Å². The first-order chi connectivity index (χ1) is 13.5. The lowest BCUT2D eigenvalue weighted by Crippen LogP contribution is -2.20. The van der Waals surface area contributed by atoms with Crippen molar-refractivity contribution in [2.75, 3.05) is 24.8 Å². The number of carbonyl (C=O) groups excluding carboxylic acids is 3. The van der Waals surface area contributed by atoms with Gasteiger partial charge in [0.15, 0.2) is 6.61 Å². The van der Waals surface area contributed by atoms with Crippen LogP contribution in [-0.4, -0.2) is 37.3 Å². The van der Waals surface area contributed by atoms with Gasteiger partial charge in [0, 0.05) is 16.7 Å². The van der Waals surface area contributed by atoms with Crippen LogP contribution in [0.2, 0.25) is 0 Å². The third-order valence-electron chi connectivity index (χ3n) is 3.55. The van der Waals surface area contributed by atoms with Crippen LogP contribution in [0.15, 0.2) is 59.5 Å². The molecule has 146 valence electrons. The maximum absolute atomic E-state index is 11.9. The lowest BCUT2D eigenvalue weighted by atomic mass is 10.2. The monoisotopic (exact) mass is 399 g/mol. The zero-order chi connectivity index (χ0) is 20.4. The van der Waals surface area contributed by atoms with E-state index in [0.29, 0.717) is 17.9 Å². The summed E-state index contributed by atoms with van der Waals surface area (Å²) in [5, 5.41) is 2.59. The van der Waals surface area contributed by atoms with E-state index in [9.17, 15) is 14.4 Å². The Bertz CT molecular complexity index is 844. The van der Waals surface area contributed by atoms with Crippen molar-refractivity contribution in [3.8, 4) is 0 Å². The Kier molecular flexibility index (Phi) is 8.30. The molecule has 0 aliphatic carbocycles. The molecule has 0 aromatic heterocycles. The van der Waals surface area contributed by atoms with E-state index in [1.54, 1.807) is 49.0 Å². The quantitative estimate of drug-likeness (QED) is 0.413. The fourth-order valence-electron chi connectivity index (χ4n) is 2.17. The Morgan fingerprint density at radius 2 is 1.68 bits per heavy atom. The van der Waals surface area contributed by atoms with Crippen LogP contribution in [-0.2, 0) is 19.1 Å². The Hall–Kier alpha value is -3.06. The molecule has 2 aromatic rings. The molecular weight excluding hydrogens is 378 g/mol. The highest BCUT2D eigenvalue weighted by molar-refractivity contribution is 7.98. The molecule has 1 N–H and O–H groups in total. The number of ether oxygens (including phenoxy) is 2. The SMILES string of the molecule is CCOC(=O)c1ccc(NC(=O)COC(=O)/C=C/c2ccc(SC)cc2)cc1. The molecule has 0 aliphatic heterocycles. The number of hydrogen-bond donors (Lipinski definition) is 1. The van der Waals surface area contributed by atoms with Crippen LogP contribution in [0, 0.1) is 0 Å². The molecule has 0 spiro atoms. The maximum atomic E-state index is 11.9. The minimum absolute atomic E-state index is 0.292. The van der Waals surface area contributed by atoms with Gasteiger partial charge in [-0.25, -0.2) is 9.59 Å². The van der Waals surface area contributed by atoms with Crippen LogP contribution in [0.5, 0.6) is 0 Å². The second-order valence-electron chi connectivity index (χ2n) is 5.56. The van der Waals surface area contributed by atoms with Crippen molar-refractivity contribution in [3.05, 3.63) is 65.7 Å². The van der Waals surface area contributed by atoms with E-state index in [0.717, 1.165) is 10.5 Å². The molecule has 0 aliphatic rings. The van der Waals surface area contributed by atoms with Crippen molar-refractivity contribution in [1.82, 2.24) is 0 Å². The van der Waals surface area contributed by atoms with E-state index in [2.05, 4.69) is 5.32 Å². The third kappa shape index (κ3) is 6.92. The largest absolute Gasteiger partial charge is 0.462 e. The fraction of sp³-hybridized carbons (Fsp3) is 0.190. The number of hydrogen-bond acceptors (Lipinski definition) is 6. The van der Waals surface area contributed by atoms with Gasteiger partial charge < -0.3 is 14.8 Å². The van der Waals surface area contributed by atoms with Crippen LogP contribution in [0.1, 0.15) is 22.8 Å². The summed E-state index contributed by atoms with van der Waals surface area (Å²) >= 11 is 1.63. The second kappa shape index (κ2) is 10.9. The smallest absolute Gasteiger partial charge is 0.338 e. The van der Waals surface area contributed by atoms with Gasteiger partial charge in [-0.05, 0) is 61.2 Å². The summed E-state index contributed by atoms with van der Waals surface area (Å²) in [5.41, 5.74) is 1.74. The van der Waals surface area contributed by atoms with E-state index in [1.165, 1.54) is 6.08 Å². The van der Waals surface area contributed by atoms with Crippen molar-refractivity contribution in [2.24, 2.45) is 0 Å². The molecule has 6 nitrogen and oxygen atoms in total. The van der Waals surface area contributed by atoms with Crippen LogP contribution < -0.4 is 5.32 Å². The van der Waals surface area contributed by atoms with Gasteiger partial charge in [-0.2, -0.15) is 0 Å². The minimum Gasteiger partial charge on any atom is -0.462 e. The first kappa shape index (κ1) is 21.2. The topological polar surface area (TPSA) is 81.7 Å². The summed E-state index contributed by atoms with van der Waals surface area (Å²) in [6, 6.07) is 13.9. The maximum Gasteiger partial charge on any atom is 0.338 e. The van der Waals surface area contributed by atoms with Gasteiger partial charge in [0.2, 0.25) is 0 Å². The Morgan fingerprint density at radius 3 is 2.29 bits per heavy atom. The van der Waals surface area contributed by atoms with E-state index < -0.39 is 24.5 Å². The predicted octanol–water partition coefficient (Wildman–Crippen LogP) is 3.78. The molecule has 0 atom stereocenters. The van der Waals surface area contributed by atoms with Gasteiger partial charge in [-0.1, -0.05) is 12.1 Å². The van der Waals surface area contributed by atoms with Gasteiger partial charge in [-0.3, -0.25) is 4.79 Å². The van der Waals surface area contributed by atoms with Gasteiger partial charge >= 0.3 is 11.9 Å². The molecular formula is C21H21NO5S. The van der Waals surface area contributed by atoms with Crippen LogP contribution in [0.3, 0.4) is 0 Å². The van der Waals surface area contributed by atoms with Gasteiger partial charge in [0.05, 0.1) is 12.2 Å². The van der Waals surface area contributed by atoms with Gasteiger partial charge in [0.25, 0.3) is 5.91 Å². The van der Waals surface area contributed by atoms with E-state index in [4.69, 9.17) is 9.47 Å². The number of esters is 2. The molecule has 0 heterocycles. The first-order valence-corrected chi connectivity index (χ1v) is 9.80. The lowest BCUT2D eigenvalue weighted by Gasteiger charge is -2.06. The summed E-state index contributed by atoms with van der Waals surface area (Å²) in [6.07, 6.45) is 4.88. The van der Waals surface area contributed by atoms with Crippen LogP contribution >= 0.6 is 11.8 Å². The minimum atomic E-state index is -0.609. The number of thioether (sulfide) groups is 1. The predicted molar refractivity (Wildman–Crippen MR) is 109 cm³/mol. The van der Waals surface area contributed by atoms with Crippen molar-refractivity contribution in [1.29, 1.82) is 0 Å². The molecule has 2 rings (SSSR count). The van der Waals surface area contributed by atoms with Gasteiger partial charge in [0.1, 0.15) is 0 Å². The highest BCUT2D eigenvalue weighted by Gasteiger charge is 2.08. The summed E-state index contributed by atoms with van der Waals surface area (Å²) in [4.78, 5) is 36.3. The zero-order valence-electron chi connectivity index (χ0n) is 15.6. The highest BCUT2D eigenvalue weighted by Crippen LogP contribution is 2.15. The zero-order valence-corrected chi connectivity index (χ0v) is 16.5. The average molecular weight is 399 g/mol. The molecule has 0 unspecified atom stereocenters. The molecule has 1 amide bonds. The van der Waals surface area contributed by atoms with Crippen molar-refractivity contribution in [3.63, 3.8) is 0 Å². The second-order valence-corrected chi connectivity index (χ2v) is 6.44. The standard InChI is InChI=1S/C21H21NO5S/c1-3-26-21(25)16-7-9-17(10-8-16)22-19(23)14-27-20(24)13-6-15-4-11-18(28-2)12-5-15/h4-13H,3,14H2,1-2H3,(H,22,23)/b13-6+. The Balaban J connectivity index is 1.78.